The predicted octanol–water partition coefficient (Wildman–Crippen LogP) is 2.11. The van der Waals surface area contributed by atoms with Crippen LogP contribution in [0.25, 0.3) is 21.5 Å². The quantitative estimate of drug-likeness (QED) is 0.0595. The first-order valence-corrected chi connectivity index (χ1v) is 10.0. The largest absolute Gasteiger partial charge is 0.395 e. The van der Waals surface area contributed by atoms with E-state index in [1.165, 1.54) is 0 Å². The highest BCUT2D eigenvalue weighted by molar-refractivity contribution is 14.0. The predicted molar refractivity (Wildman–Crippen MR) is 159 cm³/mol. The standard InChI is InChI=1S/C22H26N8O2.2HI/c23-21(25-9-11-31)29-27-13-19-15-5-1-2-6-16(15)20(18-8-4-3-7-17(18)19)14-28-30-22(24)26-10-12-32;;/h1-8,13-14,31-32H,9-12H2,(H3,23,25,29)(H3,24,26,30);2*1H. The number of guanidine groups is 2. The molecule has 34 heavy (non-hydrogen) atoms. The third kappa shape index (κ3) is 7.75. The molecule has 0 aromatic heterocycles. The third-order valence-corrected chi connectivity index (χ3v) is 4.58. The number of hydrogen-bond donors (Lipinski definition) is 8. The van der Waals surface area contributed by atoms with E-state index in [-0.39, 0.29) is 86.2 Å². The Balaban J connectivity index is 0.00000289. The van der Waals surface area contributed by atoms with Crippen LogP contribution in [-0.2, 0) is 0 Å². The minimum Gasteiger partial charge on any atom is -0.395 e. The maximum Gasteiger partial charge on any atom is 0.209 e. The van der Waals surface area contributed by atoms with Crippen molar-refractivity contribution >= 4 is 93.8 Å². The van der Waals surface area contributed by atoms with E-state index in [2.05, 4.69) is 31.7 Å². The van der Waals surface area contributed by atoms with Crippen molar-refractivity contribution in [3.8, 4) is 0 Å². The van der Waals surface area contributed by atoms with E-state index < -0.39 is 0 Å². The molecule has 0 amide bonds. The molecule has 0 bridgehead atoms. The van der Waals surface area contributed by atoms with Gasteiger partial charge in [-0.3, -0.25) is 10.8 Å². The Hall–Kier alpha value is -2.56. The third-order valence-electron chi connectivity index (χ3n) is 4.58. The van der Waals surface area contributed by atoms with Gasteiger partial charge < -0.3 is 20.8 Å². The molecule has 0 saturated heterocycles. The van der Waals surface area contributed by atoms with Gasteiger partial charge in [-0.25, -0.2) is 10.9 Å². The van der Waals surface area contributed by atoms with Crippen molar-refractivity contribution in [1.29, 1.82) is 10.8 Å². The monoisotopic (exact) mass is 690 g/mol. The van der Waals surface area contributed by atoms with Gasteiger partial charge in [0.2, 0.25) is 11.9 Å². The Bertz CT molecular complexity index is 1020. The van der Waals surface area contributed by atoms with Crippen LogP contribution >= 0.6 is 48.0 Å². The molecule has 0 aliphatic heterocycles. The molecule has 0 unspecified atom stereocenters. The first-order chi connectivity index (χ1) is 15.7. The van der Waals surface area contributed by atoms with Gasteiger partial charge in [0.05, 0.1) is 25.6 Å². The molecule has 0 saturated carbocycles. The maximum atomic E-state index is 8.85. The van der Waals surface area contributed by atoms with Gasteiger partial charge >= 0.3 is 0 Å². The van der Waals surface area contributed by atoms with Crippen LogP contribution in [0.1, 0.15) is 11.1 Å². The van der Waals surface area contributed by atoms with Gasteiger partial charge in [0.25, 0.3) is 0 Å². The summed E-state index contributed by atoms with van der Waals surface area (Å²) >= 11 is 0. The lowest BCUT2D eigenvalue weighted by molar-refractivity contribution is 0.299. The van der Waals surface area contributed by atoms with E-state index in [9.17, 15) is 0 Å². The fraction of sp³-hybridized carbons (Fsp3) is 0.182. The lowest BCUT2D eigenvalue weighted by atomic mass is 9.92. The Labute approximate surface area is 231 Å². The molecule has 3 aromatic rings. The zero-order valence-electron chi connectivity index (χ0n) is 18.2. The maximum absolute atomic E-state index is 8.85. The summed E-state index contributed by atoms with van der Waals surface area (Å²) in [5.74, 6) is -0.00742. The molecule has 182 valence electrons. The van der Waals surface area contributed by atoms with E-state index in [0.29, 0.717) is 0 Å². The first kappa shape index (κ1) is 29.5. The second kappa shape index (κ2) is 15.4. The minimum atomic E-state index is -0.0715. The topological polar surface area (TPSA) is 161 Å². The molecule has 0 fully saturated rings. The highest BCUT2D eigenvalue weighted by atomic mass is 127. The molecule has 0 atom stereocenters. The van der Waals surface area contributed by atoms with Crippen molar-refractivity contribution in [2.75, 3.05) is 26.3 Å². The number of hydrazone groups is 2. The Morgan fingerprint density at radius 1 is 0.676 bits per heavy atom. The molecule has 3 rings (SSSR count). The fourth-order valence-corrected chi connectivity index (χ4v) is 3.24. The number of nitrogens with one attached hydrogen (secondary N) is 6. The van der Waals surface area contributed by atoms with Crippen LogP contribution < -0.4 is 21.5 Å². The number of hydrogen-bond acceptors (Lipinski definition) is 6. The van der Waals surface area contributed by atoms with E-state index in [0.717, 1.165) is 32.7 Å². The van der Waals surface area contributed by atoms with Gasteiger partial charge in [0, 0.05) is 24.2 Å². The lowest BCUT2D eigenvalue weighted by Crippen LogP contribution is -2.35. The van der Waals surface area contributed by atoms with Crippen LogP contribution in [0.2, 0.25) is 0 Å². The summed E-state index contributed by atoms with van der Waals surface area (Å²) in [6.45, 7) is 0.389. The van der Waals surface area contributed by atoms with Crippen LogP contribution in [0.3, 0.4) is 0 Å². The van der Waals surface area contributed by atoms with Gasteiger partial charge in [-0.15, -0.1) is 48.0 Å². The van der Waals surface area contributed by atoms with Crippen molar-refractivity contribution < 1.29 is 10.2 Å². The molecule has 0 spiro atoms. The van der Waals surface area contributed by atoms with Crippen LogP contribution in [-0.4, -0.2) is 60.9 Å². The smallest absolute Gasteiger partial charge is 0.209 e. The SMILES string of the molecule is I.I.N=C(NCCO)NN=Cc1c2ccccc2c(C=NNC(=N)NCCO)c2ccccc12. The lowest BCUT2D eigenvalue weighted by Gasteiger charge is -2.12. The summed E-state index contributed by atoms with van der Waals surface area (Å²) in [7, 11) is 0. The Morgan fingerprint density at radius 2 is 1.00 bits per heavy atom. The van der Waals surface area contributed by atoms with E-state index in [1.54, 1.807) is 12.4 Å². The zero-order chi connectivity index (χ0) is 22.8. The minimum absolute atomic E-state index is 0. The van der Waals surface area contributed by atoms with Crippen molar-refractivity contribution in [3.63, 3.8) is 0 Å². The summed E-state index contributed by atoms with van der Waals surface area (Å²) in [6.07, 6.45) is 3.35. The first-order valence-electron chi connectivity index (χ1n) is 10.0. The van der Waals surface area contributed by atoms with Crippen LogP contribution in [0.5, 0.6) is 0 Å². The highest BCUT2D eigenvalue weighted by Gasteiger charge is 2.11. The fourth-order valence-electron chi connectivity index (χ4n) is 3.24. The Morgan fingerprint density at radius 3 is 1.29 bits per heavy atom. The van der Waals surface area contributed by atoms with Crippen molar-refractivity contribution in [2.24, 2.45) is 10.2 Å². The molecule has 3 aromatic carbocycles. The summed E-state index contributed by atoms with van der Waals surface area (Å²) in [4.78, 5) is 0. The molecular weight excluding hydrogens is 662 g/mol. The van der Waals surface area contributed by atoms with E-state index >= 15 is 0 Å². The molecule has 0 aliphatic carbocycles. The van der Waals surface area contributed by atoms with Gasteiger partial charge in [0.15, 0.2) is 0 Å². The van der Waals surface area contributed by atoms with Gasteiger partial charge in [-0.1, -0.05) is 48.5 Å². The van der Waals surface area contributed by atoms with Crippen molar-refractivity contribution in [3.05, 3.63) is 59.7 Å². The molecule has 10 nitrogen and oxygen atoms in total. The average molecular weight is 690 g/mol. The summed E-state index contributed by atoms with van der Waals surface area (Å²) in [6, 6.07) is 15.8. The highest BCUT2D eigenvalue weighted by Crippen LogP contribution is 2.31. The average Bonchev–Trinajstić information content (AvgIpc) is 2.82. The van der Waals surface area contributed by atoms with Crippen molar-refractivity contribution in [2.45, 2.75) is 0 Å². The van der Waals surface area contributed by atoms with Crippen LogP contribution in [0, 0.1) is 10.8 Å². The zero-order valence-corrected chi connectivity index (χ0v) is 22.9. The van der Waals surface area contributed by atoms with Crippen LogP contribution in [0.15, 0.2) is 58.7 Å². The normalized spacial score (nSPS) is 10.6. The molecule has 0 aliphatic rings. The number of benzene rings is 3. The molecule has 8 N–H and O–H groups in total. The van der Waals surface area contributed by atoms with E-state index in [4.69, 9.17) is 21.0 Å². The molecule has 0 heterocycles. The van der Waals surface area contributed by atoms with Crippen molar-refractivity contribution in [1.82, 2.24) is 21.5 Å². The second-order valence-electron chi connectivity index (χ2n) is 6.71. The summed E-state index contributed by atoms with van der Waals surface area (Å²) < 4.78 is 0. The number of aliphatic hydroxyl groups excluding tert-OH is 2. The molecular formula is C22H28I2N8O2. The van der Waals surface area contributed by atoms with Crippen LogP contribution in [0.4, 0.5) is 0 Å². The van der Waals surface area contributed by atoms with Gasteiger partial charge in [-0.05, 0) is 21.5 Å². The summed E-state index contributed by atoms with van der Waals surface area (Å²) in [5, 5.41) is 50.8. The van der Waals surface area contributed by atoms with E-state index in [1.807, 2.05) is 48.5 Å². The number of aliphatic hydroxyl groups is 2. The molecule has 0 radical (unpaired) electrons. The Kier molecular flexibility index (Phi) is 13.3. The number of nitrogens with zero attached hydrogens (tertiary/aromatic N) is 2. The summed E-state index contributed by atoms with van der Waals surface area (Å²) in [5.41, 5.74) is 7.02. The number of rotatable bonds is 8. The van der Waals surface area contributed by atoms with Gasteiger partial charge in [-0.2, -0.15) is 10.2 Å². The number of fused-ring (bicyclic) bond motifs is 2. The number of halogens is 2. The molecule has 12 heteroatoms. The van der Waals surface area contributed by atoms with Gasteiger partial charge in [0.1, 0.15) is 0 Å². The second-order valence-corrected chi connectivity index (χ2v) is 6.71.